The van der Waals surface area contributed by atoms with E-state index in [-0.39, 0.29) is 24.5 Å². The molecule has 2 aromatic carbocycles. The molecule has 0 radical (unpaired) electrons. The minimum Gasteiger partial charge on any atom is -0.497 e. The zero-order valence-corrected chi connectivity index (χ0v) is 13.6. The summed E-state index contributed by atoms with van der Waals surface area (Å²) in [5, 5.41) is 23.6. The Morgan fingerprint density at radius 1 is 1.08 bits per heavy atom. The maximum absolute atomic E-state index is 12.2. The SMILES string of the molecule is COc1cccc(C(=O)Nc2ccc(C(CCC(=O)O)=NO)cc2)c1. The highest BCUT2D eigenvalue weighted by Gasteiger charge is 2.10. The molecule has 1 amide bonds. The van der Waals surface area contributed by atoms with Crippen molar-refractivity contribution in [3.05, 3.63) is 59.7 Å². The molecule has 2 rings (SSSR count). The van der Waals surface area contributed by atoms with Crippen molar-refractivity contribution in [3.8, 4) is 5.75 Å². The van der Waals surface area contributed by atoms with Crippen LogP contribution in [0.3, 0.4) is 0 Å². The van der Waals surface area contributed by atoms with Crippen LogP contribution < -0.4 is 10.1 Å². The number of carboxylic acid groups (broad SMARTS) is 1. The third kappa shape index (κ3) is 5.07. The molecule has 0 unspecified atom stereocenters. The summed E-state index contributed by atoms with van der Waals surface area (Å²) in [6.45, 7) is 0. The molecule has 3 N–H and O–H groups in total. The van der Waals surface area contributed by atoms with Gasteiger partial charge < -0.3 is 20.4 Å². The Morgan fingerprint density at radius 3 is 2.40 bits per heavy atom. The fraction of sp³-hybridized carbons (Fsp3) is 0.167. The van der Waals surface area contributed by atoms with E-state index in [0.29, 0.717) is 22.6 Å². The number of anilines is 1. The maximum Gasteiger partial charge on any atom is 0.303 e. The number of aliphatic carboxylic acids is 1. The smallest absolute Gasteiger partial charge is 0.303 e. The van der Waals surface area contributed by atoms with E-state index >= 15 is 0 Å². The monoisotopic (exact) mass is 342 g/mol. The van der Waals surface area contributed by atoms with Crippen LogP contribution in [0.4, 0.5) is 5.69 Å². The second kappa shape index (κ2) is 8.49. The molecular formula is C18H18N2O5. The van der Waals surface area contributed by atoms with Gasteiger partial charge in [0, 0.05) is 17.7 Å². The molecular weight excluding hydrogens is 324 g/mol. The molecule has 0 saturated heterocycles. The van der Waals surface area contributed by atoms with Crippen molar-refractivity contribution in [3.63, 3.8) is 0 Å². The number of hydrogen-bond donors (Lipinski definition) is 3. The summed E-state index contributed by atoms with van der Waals surface area (Å²) in [6.07, 6.45) is -0.0188. The lowest BCUT2D eigenvalue weighted by atomic mass is 10.1. The second-order valence-corrected chi connectivity index (χ2v) is 5.20. The Bertz CT molecular complexity index is 784. The zero-order valence-electron chi connectivity index (χ0n) is 13.6. The molecule has 7 nitrogen and oxygen atoms in total. The van der Waals surface area contributed by atoms with Crippen LogP contribution in [-0.2, 0) is 4.79 Å². The molecule has 0 spiro atoms. The molecule has 0 aliphatic heterocycles. The Morgan fingerprint density at radius 2 is 1.80 bits per heavy atom. The number of nitrogens with one attached hydrogen (secondary N) is 1. The lowest BCUT2D eigenvalue weighted by molar-refractivity contribution is -0.136. The number of carbonyl (C=O) groups excluding carboxylic acids is 1. The summed E-state index contributed by atoms with van der Waals surface area (Å²) in [4.78, 5) is 22.9. The van der Waals surface area contributed by atoms with Crippen molar-refractivity contribution in [2.75, 3.05) is 12.4 Å². The van der Waals surface area contributed by atoms with Crippen molar-refractivity contribution in [2.45, 2.75) is 12.8 Å². The van der Waals surface area contributed by atoms with Gasteiger partial charge in [0.15, 0.2) is 0 Å². The first-order valence-corrected chi connectivity index (χ1v) is 7.52. The van der Waals surface area contributed by atoms with E-state index < -0.39 is 5.97 Å². The number of oxime groups is 1. The van der Waals surface area contributed by atoms with Gasteiger partial charge in [0.25, 0.3) is 5.91 Å². The van der Waals surface area contributed by atoms with Gasteiger partial charge >= 0.3 is 5.97 Å². The molecule has 25 heavy (non-hydrogen) atoms. The van der Waals surface area contributed by atoms with Crippen LogP contribution in [0.5, 0.6) is 5.75 Å². The number of amides is 1. The third-order valence-electron chi connectivity index (χ3n) is 3.50. The van der Waals surface area contributed by atoms with E-state index in [1.54, 1.807) is 48.5 Å². The molecule has 0 fully saturated rings. The fourth-order valence-electron chi connectivity index (χ4n) is 2.19. The van der Waals surface area contributed by atoms with Crippen molar-refractivity contribution < 1.29 is 24.6 Å². The van der Waals surface area contributed by atoms with Gasteiger partial charge in [-0.3, -0.25) is 9.59 Å². The summed E-state index contributed by atoms with van der Waals surface area (Å²) in [6, 6.07) is 13.4. The Hall–Kier alpha value is -3.35. The van der Waals surface area contributed by atoms with Crippen molar-refractivity contribution in [1.82, 2.24) is 0 Å². The topological polar surface area (TPSA) is 108 Å². The normalized spacial score (nSPS) is 11.0. The van der Waals surface area contributed by atoms with E-state index in [4.69, 9.17) is 15.1 Å². The van der Waals surface area contributed by atoms with E-state index in [2.05, 4.69) is 10.5 Å². The number of benzene rings is 2. The second-order valence-electron chi connectivity index (χ2n) is 5.20. The number of carbonyl (C=O) groups is 2. The molecule has 130 valence electrons. The average molecular weight is 342 g/mol. The lowest BCUT2D eigenvalue weighted by Crippen LogP contribution is -2.12. The summed E-state index contributed by atoms with van der Waals surface area (Å²) in [7, 11) is 1.53. The zero-order chi connectivity index (χ0) is 18.2. The van der Waals surface area contributed by atoms with Gasteiger partial charge in [-0.15, -0.1) is 0 Å². The maximum atomic E-state index is 12.2. The number of carboxylic acids is 1. The van der Waals surface area contributed by atoms with Crippen LogP contribution in [0.15, 0.2) is 53.7 Å². The van der Waals surface area contributed by atoms with Gasteiger partial charge in [-0.1, -0.05) is 23.4 Å². The van der Waals surface area contributed by atoms with Crippen molar-refractivity contribution in [1.29, 1.82) is 0 Å². The summed E-state index contributed by atoms with van der Waals surface area (Å²) in [5.41, 5.74) is 1.88. The minimum atomic E-state index is -0.969. The largest absolute Gasteiger partial charge is 0.497 e. The standard InChI is InChI=1S/C18H18N2O5/c1-25-15-4-2-3-13(11-15)18(23)19-14-7-5-12(6-8-14)16(20-24)9-10-17(21)22/h2-8,11,24H,9-10H2,1H3,(H,19,23)(H,21,22). The molecule has 0 saturated carbocycles. The molecule has 2 aromatic rings. The number of ether oxygens (including phenoxy) is 1. The minimum absolute atomic E-state index is 0.112. The molecule has 0 atom stereocenters. The number of rotatable bonds is 7. The Balaban J connectivity index is 2.06. The third-order valence-corrected chi connectivity index (χ3v) is 3.50. The first-order chi connectivity index (χ1) is 12.0. The predicted octanol–water partition coefficient (Wildman–Crippen LogP) is 2.99. The first kappa shape index (κ1) is 18.0. The van der Waals surface area contributed by atoms with Crippen molar-refractivity contribution >= 4 is 23.3 Å². The number of nitrogens with zero attached hydrogens (tertiary/aromatic N) is 1. The molecule has 0 aromatic heterocycles. The highest BCUT2D eigenvalue weighted by atomic mass is 16.5. The highest BCUT2D eigenvalue weighted by Crippen LogP contribution is 2.16. The van der Waals surface area contributed by atoms with E-state index in [0.717, 1.165) is 0 Å². The van der Waals surface area contributed by atoms with Gasteiger partial charge in [0.2, 0.25) is 0 Å². The lowest BCUT2D eigenvalue weighted by Gasteiger charge is -2.08. The van der Waals surface area contributed by atoms with Crippen molar-refractivity contribution in [2.24, 2.45) is 5.16 Å². The molecule has 0 aliphatic rings. The van der Waals surface area contributed by atoms with Gasteiger partial charge in [0.05, 0.1) is 19.2 Å². The van der Waals surface area contributed by atoms with E-state index in [1.807, 2.05) is 0 Å². The molecule has 0 heterocycles. The summed E-state index contributed by atoms with van der Waals surface area (Å²) >= 11 is 0. The Labute approximate surface area is 144 Å². The first-order valence-electron chi connectivity index (χ1n) is 7.52. The van der Waals surface area contributed by atoms with Crippen LogP contribution in [0, 0.1) is 0 Å². The summed E-state index contributed by atoms with van der Waals surface area (Å²) < 4.78 is 5.09. The highest BCUT2D eigenvalue weighted by molar-refractivity contribution is 6.05. The van der Waals surface area contributed by atoms with Gasteiger partial charge in [-0.25, -0.2) is 0 Å². The van der Waals surface area contributed by atoms with Crippen LogP contribution in [0.1, 0.15) is 28.8 Å². The molecule has 0 bridgehead atoms. The van der Waals surface area contributed by atoms with Crippen LogP contribution in [0.25, 0.3) is 0 Å². The van der Waals surface area contributed by atoms with E-state index in [1.165, 1.54) is 7.11 Å². The van der Waals surface area contributed by atoms with E-state index in [9.17, 15) is 9.59 Å². The average Bonchev–Trinajstić information content (AvgIpc) is 2.63. The van der Waals surface area contributed by atoms with Gasteiger partial charge in [0.1, 0.15) is 5.75 Å². The van der Waals surface area contributed by atoms with Gasteiger partial charge in [-0.05, 0) is 35.9 Å². The Kier molecular flexibility index (Phi) is 6.11. The predicted molar refractivity (Wildman–Crippen MR) is 92.6 cm³/mol. The fourth-order valence-corrected chi connectivity index (χ4v) is 2.19. The summed E-state index contributed by atoms with van der Waals surface area (Å²) in [5.74, 6) is -0.665. The van der Waals surface area contributed by atoms with Crippen LogP contribution in [0.2, 0.25) is 0 Å². The molecule has 0 aliphatic carbocycles. The van der Waals surface area contributed by atoms with Crippen LogP contribution >= 0.6 is 0 Å². The van der Waals surface area contributed by atoms with Crippen LogP contribution in [-0.4, -0.2) is 35.0 Å². The number of hydrogen-bond acceptors (Lipinski definition) is 5. The number of methoxy groups -OCH3 is 1. The quantitative estimate of drug-likeness (QED) is 0.407. The molecule has 7 heteroatoms. The van der Waals surface area contributed by atoms with Gasteiger partial charge in [-0.2, -0.15) is 0 Å².